The van der Waals surface area contributed by atoms with E-state index in [0.717, 1.165) is 37.2 Å². The highest BCUT2D eigenvalue weighted by molar-refractivity contribution is 5.41. The minimum absolute atomic E-state index is 0.0352. The molecule has 2 bridgehead atoms. The van der Waals surface area contributed by atoms with E-state index < -0.39 is 0 Å². The van der Waals surface area contributed by atoms with Gasteiger partial charge in [0.2, 0.25) is 0 Å². The van der Waals surface area contributed by atoms with Gasteiger partial charge < -0.3 is 10.1 Å². The molecule has 4 heterocycles. The van der Waals surface area contributed by atoms with Crippen molar-refractivity contribution in [2.75, 3.05) is 19.6 Å². The molecule has 21 heavy (non-hydrogen) atoms. The summed E-state index contributed by atoms with van der Waals surface area (Å²) in [5.74, 6) is 1.93. The van der Waals surface area contributed by atoms with E-state index in [1.807, 2.05) is 0 Å². The molecule has 3 heteroatoms. The predicted octanol–water partition coefficient (Wildman–Crippen LogP) is 2.58. The summed E-state index contributed by atoms with van der Waals surface area (Å²) in [4.78, 5) is 2.69. The molecule has 114 valence electrons. The zero-order chi connectivity index (χ0) is 14.4. The van der Waals surface area contributed by atoms with E-state index in [1.165, 1.54) is 37.1 Å². The molecule has 3 fully saturated rings. The van der Waals surface area contributed by atoms with Crippen LogP contribution in [0.1, 0.15) is 37.8 Å². The summed E-state index contributed by atoms with van der Waals surface area (Å²) >= 11 is 0. The molecule has 5 rings (SSSR count). The van der Waals surface area contributed by atoms with E-state index in [-0.39, 0.29) is 5.60 Å². The van der Waals surface area contributed by atoms with Crippen molar-refractivity contribution < 1.29 is 4.74 Å². The molecule has 3 nitrogen and oxygen atoms in total. The Hall–Kier alpha value is -1.06. The Morgan fingerprint density at radius 2 is 2.19 bits per heavy atom. The minimum Gasteiger partial charge on any atom is -0.487 e. The van der Waals surface area contributed by atoms with E-state index >= 15 is 0 Å². The molecule has 4 aliphatic rings. The smallest absolute Gasteiger partial charge is 0.123 e. The lowest BCUT2D eigenvalue weighted by molar-refractivity contribution is 0.126. The van der Waals surface area contributed by atoms with Gasteiger partial charge in [0.05, 0.1) is 0 Å². The molecule has 1 N–H and O–H groups in total. The topological polar surface area (TPSA) is 24.5 Å². The van der Waals surface area contributed by atoms with E-state index in [0.29, 0.717) is 0 Å². The minimum atomic E-state index is -0.0352. The third kappa shape index (κ3) is 2.69. The lowest BCUT2D eigenvalue weighted by atomic mass is 9.94. The Labute approximate surface area is 127 Å². The molecule has 0 aromatic heterocycles. The molecule has 0 spiro atoms. The first-order valence-electron chi connectivity index (χ1n) is 8.35. The lowest BCUT2D eigenvalue weighted by Gasteiger charge is -2.36. The van der Waals surface area contributed by atoms with Gasteiger partial charge >= 0.3 is 0 Å². The van der Waals surface area contributed by atoms with E-state index in [4.69, 9.17) is 4.74 Å². The Balaban J connectivity index is 1.51. The summed E-state index contributed by atoms with van der Waals surface area (Å²) in [5.41, 5.74) is 2.80. The van der Waals surface area contributed by atoms with Gasteiger partial charge in [-0.2, -0.15) is 0 Å². The van der Waals surface area contributed by atoms with Crippen molar-refractivity contribution in [3.05, 3.63) is 29.3 Å². The molecular weight excluding hydrogens is 260 g/mol. The van der Waals surface area contributed by atoms with Gasteiger partial charge in [-0.1, -0.05) is 12.1 Å². The quantitative estimate of drug-likeness (QED) is 0.904. The van der Waals surface area contributed by atoms with E-state index in [9.17, 15) is 0 Å². The molecule has 0 unspecified atom stereocenters. The van der Waals surface area contributed by atoms with Crippen molar-refractivity contribution >= 4 is 0 Å². The van der Waals surface area contributed by atoms with Crippen molar-refractivity contribution in [2.45, 2.75) is 51.3 Å². The number of rotatable bonds is 2. The zero-order valence-corrected chi connectivity index (χ0v) is 13.2. The molecule has 0 saturated carbocycles. The number of fused-ring (bicyclic) bond motifs is 5. The van der Waals surface area contributed by atoms with Gasteiger partial charge in [-0.3, -0.25) is 4.90 Å². The molecule has 0 aliphatic carbocycles. The zero-order valence-electron chi connectivity index (χ0n) is 13.2. The van der Waals surface area contributed by atoms with Gasteiger partial charge in [-0.05, 0) is 56.3 Å². The van der Waals surface area contributed by atoms with Crippen LogP contribution in [0.2, 0.25) is 0 Å². The van der Waals surface area contributed by atoms with Crippen LogP contribution >= 0.6 is 0 Å². The average Bonchev–Trinajstić information content (AvgIpc) is 2.61. The summed E-state index contributed by atoms with van der Waals surface area (Å²) in [6.45, 7) is 9.07. The summed E-state index contributed by atoms with van der Waals surface area (Å²) in [6.07, 6.45) is 3.79. The van der Waals surface area contributed by atoms with Crippen molar-refractivity contribution in [1.29, 1.82) is 0 Å². The van der Waals surface area contributed by atoms with Crippen LogP contribution in [0, 0.1) is 5.92 Å². The fraction of sp³-hybridized carbons (Fsp3) is 0.667. The van der Waals surface area contributed by atoms with Crippen LogP contribution in [0.25, 0.3) is 0 Å². The molecule has 3 saturated heterocycles. The van der Waals surface area contributed by atoms with Crippen LogP contribution in [0.5, 0.6) is 5.75 Å². The standard InChI is InChI=1S/C18H26N2O/c1-18(2)8-15-7-13(4-6-17(15)21-18)11-20-12-14-3-5-16(20)10-19-9-14/h4,6-7,14,16,19H,3,5,8-12H2,1-2H3/t14-,16+/m1/s1. The third-order valence-corrected chi connectivity index (χ3v) is 5.24. The number of nitrogens with zero attached hydrogens (tertiary/aromatic N) is 1. The first-order valence-corrected chi connectivity index (χ1v) is 8.35. The van der Waals surface area contributed by atoms with Gasteiger partial charge in [0, 0.05) is 32.1 Å². The van der Waals surface area contributed by atoms with Gasteiger partial charge in [0.1, 0.15) is 11.4 Å². The Kier molecular flexibility index (Phi) is 3.23. The SMILES string of the molecule is CC1(C)Cc2cc(CN3C[C@@H]4CC[C@H]3CNC4)ccc2O1. The van der Waals surface area contributed by atoms with Crippen LogP contribution in [-0.4, -0.2) is 36.2 Å². The van der Waals surface area contributed by atoms with Crippen LogP contribution in [0.3, 0.4) is 0 Å². The maximum absolute atomic E-state index is 5.98. The summed E-state index contributed by atoms with van der Waals surface area (Å²) in [5, 5.41) is 3.62. The van der Waals surface area contributed by atoms with Crippen LogP contribution in [0.15, 0.2) is 18.2 Å². The van der Waals surface area contributed by atoms with Gasteiger partial charge in [0.25, 0.3) is 0 Å². The fourth-order valence-corrected chi connectivity index (χ4v) is 4.22. The molecule has 0 radical (unpaired) electrons. The number of hydrogen-bond acceptors (Lipinski definition) is 3. The second-order valence-electron chi connectivity index (χ2n) is 7.67. The molecule has 1 aromatic carbocycles. The van der Waals surface area contributed by atoms with Crippen molar-refractivity contribution in [2.24, 2.45) is 5.92 Å². The highest BCUT2D eigenvalue weighted by Gasteiger charge is 2.32. The van der Waals surface area contributed by atoms with Crippen molar-refractivity contribution in [3.63, 3.8) is 0 Å². The fourth-order valence-electron chi connectivity index (χ4n) is 4.22. The van der Waals surface area contributed by atoms with Crippen LogP contribution in [-0.2, 0) is 13.0 Å². The molecule has 1 aromatic rings. The highest BCUT2D eigenvalue weighted by atomic mass is 16.5. The molecule has 0 amide bonds. The van der Waals surface area contributed by atoms with Crippen LogP contribution in [0.4, 0.5) is 0 Å². The largest absolute Gasteiger partial charge is 0.487 e. The summed E-state index contributed by atoms with van der Waals surface area (Å²) in [6, 6.07) is 7.53. The van der Waals surface area contributed by atoms with Crippen molar-refractivity contribution in [1.82, 2.24) is 10.2 Å². The maximum atomic E-state index is 5.98. The Morgan fingerprint density at radius 3 is 3.10 bits per heavy atom. The molecule has 4 aliphatic heterocycles. The Bertz CT molecular complexity index is 536. The normalized spacial score (nSPS) is 30.8. The lowest BCUT2D eigenvalue weighted by Crippen LogP contribution is -2.42. The van der Waals surface area contributed by atoms with E-state index in [2.05, 4.69) is 42.3 Å². The molecular formula is C18H26N2O. The van der Waals surface area contributed by atoms with Gasteiger partial charge in [-0.25, -0.2) is 0 Å². The number of piperidine rings is 1. The number of hydrogen-bond donors (Lipinski definition) is 1. The second-order valence-corrected chi connectivity index (χ2v) is 7.67. The first-order chi connectivity index (χ1) is 10.1. The monoisotopic (exact) mass is 286 g/mol. The first kappa shape index (κ1) is 13.6. The molecule has 2 atom stereocenters. The number of ether oxygens (including phenoxy) is 1. The van der Waals surface area contributed by atoms with Crippen LogP contribution < -0.4 is 10.1 Å². The van der Waals surface area contributed by atoms with E-state index in [1.54, 1.807) is 0 Å². The predicted molar refractivity (Wildman–Crippen MR) is 84.6 cm³/mol. The van der Waals surface area contributed by atoms with Crippen molar-refractivity contribution in [3.8, 4) is 5.75 Å². The average molecular weight is 286 g/mol. The second kappa shape index (κ2) is 4.99. The Morgan fingerprint density at radius 1 is 1.29 bits per heavy atom. The third-order valence-electron chi connectivity index (χ3n) is 5.24. The van der Waals surface area contributed by atoms with Gasteiger partial charge in [0.15, 0.2) is 0 Å². The summed E-state index contributed by atoms with van der Waals surface area (Å²) < 4.78 is 5.98. The number of benzene rings is 1. The van der Waals surface area contributed by atoms with Gasteiger partial charge in [-0.15, -0.1) is 0 Å². The maximum Gasteiger partial charge on any atom is 0.123 e. The summed E-state index contributed by atoms with van der Waals surface area (Å²) in [7, 11) is 0. The number of nitrogens with one attached hydrogen (secondary N) is 1. The highest BCUT2D eigenvalue weighted by Crippen LogP contribution is 2.36.